The number of benzene rings is 1. The largest absolute Gasteiger partial charge is 0.235 e. The lowest BCUT2D eigenvalue weighted by molar-refractivity contribution is 1.33. The summed E-state index contributed by atoms with van der Waals surface area (Å²) < 4.78 is 0.979. The van der Waals surface area contributed by atoms with E-state index in [9.17, 15) is 0 Å². The van der Waals surface area contributed by atoms with Crippen molar-refractivity contribution < 1.29 is 0 Å². The highest BCUT2D eigenvalue weighted by atomic mass is 79.9. The predicted octanol–water partition coefficient (Wildman–Crippen LogP) is 3.96. The Labute approximate surface area is 89.9 Å². The van der Waals surface area contributed by atoms with E-state index in [1.807, 2.05) is 31.2 Å². The lowest BCUT2D eigenvalue weighted by atomic mass is 10.2. The number of aryl methyl sites for hydroxylation is 1. The second-order valence-electron chi connectivity index (χ2n) is 2.91. The third-order valence-corrected chi connectivity index (χ3v) is 2.95. The Bertz CT molecular complexity index is 468. The van der Waals surface area contributed by atoms with Crippen LogP contribution in [0.1, 0.15) is 5.56 Å². The zero-order valence-corrected chi connectivity index (χ0v) is 9.35. The van der Waals surface area contributed by atoms with Crippen LogP contribution in [0, 0.1) is 6.92 Å². The van der Waals surface area contributed by atoms with Crippen molar-refractivity contribution in [3.05, 3.63) is 39.5 Å². The summed E-state index contributed by atoms with van der Waals surface area (Å²) >= 11 is 9.36. The van der Waals surface area contributed by atoms with Gasteiger partial charge in [0.15, 0.2) is 0 Å². The Kier molecular flexibility index (Phi) is 2.26. The molecule has 0 amide bonds. The number of nitrogens with zero attached hydrogens (tertiary/aromatic N) is 1. The molecule has 0 atom stereocenters. The predicted molar refractivity (Wildman–Crippen MR) is 59.2 cm³/mol. The Morgan fingerprint density at radius 2 is 2.15 bits per heavy atom. The standard InChI is InChI=1S/C10H7BrClN/c1-6-5-7-3-2-4-8(11)9(7)13-10(6)12/h2-5H,1H3. The van der Waals surface area contributed by atoms with Crippen LogP contribution in [0.15, 0.2) is 28.7 Å². The fraction of sp³-hybridized carbons (Fsp3) is 0.100. The highest BCUT2D eigenvalue weighted by Gasteiger charge is 2.02. The molecule has 0 saturated carbocycles. The van der Waals surface area contributed by atoms with Crippen LogP contribution in [0.3, 0.4) is 0 Å². The average Bonchev–Trinajstić information content (AvgIpc) is 2.09. The molecule has 0 fully saturated rings. The van der Waals surface area contributed by atoms with Gasteiger partial charge in [-0.3, -0.25) is 0 Å². The van der Waals surface area contributed by atoms with Gasteiger partial charge in [-0.25, -0.2) is 4.98 Å². The minimum atomic E-state index is 0.569. The Hall–Kier alpha value is -0.600. The van der Waals surface area contributed by atoms with Crippen LogP contribution in [0.2, 0.25) is 5.15 Å². The monoisotopic (exact) mass is 255 g/mol. The second-order valence-corrected chi connectivity index (χ2v) is 4.12. The molecule has 13 heavy (non-hydrogen) atoms. The Morgan fingerprint density at radius 3 is 2.92 bits per heavy atom. The topological polar surface area (TPSA) is 12.9 Å². The van der Waals surface area contributed by atoms with Gasteiger partial charge in [-0.1, -0.05) is 23.7 Å². The number of pyridine rings is 1. The summed E-state index contributed by atoms with van der Waals surface area (Å²) in [6, 6.07) is 8.01. The summed E-state index contributed by atoms with van der Waals surface area (Å²) in [5, 5.41) is 1.68. The van der Waals surface area contributed by atoms with Gasteiger partial charge in [0, 0.05) is 9.86 Å². The first-order valence-electron chi connectivity index (χ1n) is 3.90. The maximum absolute atomic E-state index is 5.93. The minimum absolute atomic E-state index is 0.569. The van der Waals surface area contributed by atoms with Crippen LogP contribution in [0.5, 0.6) is 0 Å². The van der Waals surface area contributed by atoms with Crippen molar-refractivity contribution in [2.24, 2.45) is 0 Å². The van der Waals surface area contributed by atoms with Gasteiger partial charge in [-0.05, 0) is 40.5 Å². The molecular formula is C10H7BrClN. The van der Waals surface area contributed by atoms with Crippen molar-refractivity contribution >= 4 is 38.4 Å². The van der Waals surface area contributed by atoms with Gasteiger partial charge in [0.2, 0.25) is 0 Å². The average molecular weight is 257 g/mol. The zero-order chi connectivity index (χ0) is 9.42. The molecule has 0 aliphatic heterocycles. The van der Waals surface area contributed by atoms with Crippen LogP contribution in [0.4, 0.5) is 0 Å². The van der Waals surface area contributed by atoms with E-state index in [1.54, 1.807) is 0 Å². The number of rotatable bonds is 0. The van der Waals surface area contributed by atoms with Crippen molar-refractivity contribution in [3.63, 3.8) is 0 Å². The van der Waals surface area contributed by atoms with E-state index in [1.165, 1.54) is 0 Å². The normalized spacial score (nSPS) is 10.7. The van der Waals surface area contributed by atoms with Crippen molar-refractivity contribution in [3.8, 4) is 0 Å². The van der Waals surface area contributed by atoms with Crippen molar-refractivity contribution in [2.45, 2.75) is 6.92 Å². The summed E-state index contributed by atoms with van der Waals surface area (Å²) in [5.74, 6) is 0. The Balaban J connectivity index is 2.89. The number of aromatic nitrogens is 1. The molecule has 66 valence electrons. The lowest BCUT2D eigenvalue weighted by Gasteiger charge is -2.02. The van der Waals surface area contributed by atoms with Crippen LogP contribution in [0.25, 0.3) is 10.9 Å². The van der Waals surface area contributed by atoms with Gasteiger partial charge >= 0.3 is 0 Å². The van der Waals surface area contributed by atoms with E-state index in [-0.39, 0.29) is 0 Å². The third kappa shape index (κ3) is 1.56. The SMILES string of the molecule is Cc1cc2cccc(Br)c2nc1Cl. The fourth-order valence-electron chi connectivity index (χ4n) is 1.25. The molecule has 1 nitrogen and oxygen atoms in total. The van der Waals surface area contributed by atoms with E-state index in [4.69, 9.17) is 11.6 Å². The second kappa shape index (κ2) is 3.28. The van der Waals surface area contributed by atoms with E-state index in [0.717, 1.165) is 20.9 Å². The first-order chi connectivity index (χ1) is 6.18. The molecule has 0 radical (unpaired) electrons. The molecule has 2 rings (SSSR count). The van der Waals surface area contributed by atoms with E-state index in [0.29, 0.717) is 5.15 Å². The number of hydrogen-bond donors (Lipinski definition) is 0. The molecule has 2 aromatic rings. The molecule has 3 heteroatoms. The van der Waals surface area contributed by atoms with Crippen molar-refractivity contribution in [1.82, 2.24) is 4.98 Å². The number of hydrogen-bond acceptors (Lipinski definition) is 1. The van der Waals surface area contributed by atoms with E-state index in [2.05, 4.69) is 20.9 Å². The molecule has 0 unspecified atom stereocenters. The lowest BCUT2D eigenvalue weighted by Crippen LogP contribution is -1.84. The van der Waals surface area contributed by atoms with Crippen molar-refractivity contribution in [2.75, 3.05) is 0 Å². The minimum Gasteiger partial charge on any atom is -0.235 e. The molecular weight excluding hydrogens is 249 g/mol. The van der Waals surface area contributed by atoms with Gasteiger partial charge < -0.3 is 0 Å². The van der Waals surface area contributed by atoms with Gasteiger partial charge in [0.05, 0.1) is 5.52 Å². The van der Waals surface area contributed by atoms with Crippen molar-refractivity contribution in [1.29, 1.82) is 0 Å². The van der Waals surface area contributed by atoms with E-state index < -0.39 is 0 Å². The zero-order valence-electron chi connectivity index (χ0n) is 7.01. The number of halogens is 2. The molecule has 0 N–H and O–H groups in total. The number of fused-ring (bicyclic) bond motifs is 1. The summed E-state index contributed by atoms with van der Waals surface area (Å²) in [7, 11) is 0. The molecule has 0 saturated heterocycles. The quantitative estimate of drug-likeness (QED) is 0.650. The molecule has 0 bridgehead atoms. The summed E-state index contributed by atoms with van der Waals surface area (Å²) in [5.41, 5.74) is 1.92. The number of para-hydroxylation sites is 1. The highest BCUT2D eigenvalue weighted by Crippen LogP contribution is 2.25. The summed E-state index contributed by atoms with van der Waals surface area (Å²) in [6.45, 7) is 1.95. The molecule has 1 aromatic heterocycles. The maximum Gasteiger partial charge on any atom is 0.132 e. The highest BCUT2D eigenvalue weighted by molar-refractivity contribution is 9.10. The van der Waals surface area contributed by atoms with E-state index >= 15 is 0 Å². The molecule has 0 spiro atoms. The van der Waals surface area contributed by atoms with Crippen LogP contribution < -0.4 is 0 Å². The molecule has 1 aromatic carbocycles. The van der Waals surface area contributed by atoms with Gasteiger partial charge in [0.1, 0.15) is 5.15 Å². The smallest absolute Gasteiger partial charge is 0.132 e. The van der Waals surface area contributed by atoms with Gasteiger partial charge in [-0.2, -0.15) is 0 Å². The van der Waals surface area contributed by atoms with Crippen LogP contribution in [-0.2, 0) is 0 Å². The first kappa shape index (κ1) is 8.97. The van der Waals surface area contributed by atoms with Crippen LogP contribution in [-0.4, -0.2) is 4.98 Å². The molecule has 1 heterocycles. The van der Waals surface area contributed by atoms with Crippen LogP contribution >= 0.6 is 27.5 Å². The van der Waals surface area contributed by atoms with Gasteiger partial charge in [-0.15, -0.1) is 0 Å². The maximum atomic E-state index is 5.93. The summed E-state index contributed by atoms with van der Waals surface area (Å²) in [4.78, 5) is 4.29. The Morgan fingerprint density at radius 1 is 1.38 bits per heavy atom. The van der Waals surface area contributed by atoms with Gasteiger partial charge in [0.25, 0.3) is 0 Å². The molecule has 0 aliphatic carbocycles. The summed E-state index contributed by atoms with van der Waals surface area (Å²) in [6.07, 6.45) is 0. The first-order valence-corrected chi connectivity index (χ1v) is 5.07. The third-order valence-electron chi connectivity index (χ3n) is 1.93. The fourth-order valence-corrected chi connectivity index (χ4v) is 1.85. The molecule has 0 aliphatic rings.